The summed E-state index contributed by atoms with van der Waals surface area (Å²) in [7, 11) is 3.32. The molecule has 1 aromatic carbocycles. The molecule has 96 valence electrons. The monoisotopic (exact) mass is 237 g/mol. The lowest BCUT2D eigenvalue weighted by Crippen LogP contribution is -2.26. The van der Waals surface area contributed by atoms with Crippen LogP contribution in [0.25, 0.3) is 0 Å². The Bertz CT molecular complexity index is 350. The highest BCUT2D eigenvalue weighted by molar-refractivity contribution is 5.43. The summed E-state index contributed by atoms with van der Waals surface area (Å²) in [6, 6.07) is 6.61. The maximum Gasteiger partial charge on any atom is 0.160 e. The molecule has 0 heterocycles. The second-order valence-corrected chi connectivity index (χ2v) is 4.58. The predicted octanol–water partition coefficient (Wildman–Crippen LogP) is 2.81. The molecule has 0 aromatic heterocycles. The molecule has 1 unspecified atom stereocenters. The fraction of sp³-hybridized carbons (Fsp3) is 0.571. The van der Waals surface area contributed by atoms with Gasteiger partial charge in [-0.15, -0.1) is 0 Å². The smallest absolute Gasteiger partial charge is 0.160 e. The summed E-state index contributed by atoms with van der Waals surface area (Å²) in [6.45, 7) is 7.48. The van der Waals surface area contributed by atoms with Crippen LogP contribution in [0.1, 0.15) is 32.3 Å². The van der Waals surface area contributed by atoms with Crippen molar-refractivity contribution in [3.8, 4) is 11.5 Å². The van der Waals surface area contributed by atoms with Crippen LogP contribution in [0, 0.1) is 0 Å². The molecule has 0 amide bonds. The fourth-order valence-corrected chi connectivity index (χ4v) is 1.69. The van der Waals surface area contributed by atoms with Crippen molar-refractivity contribution in [1.29, 1.82) is 0 Å². The van der Waals surface area contributed by atoms with Crippen LogP contribution in [0.5, 0.6) is 11.5 Å². The van der Waals surface area contributed by atoms with Crippen molar-refractivity contribution in [2.24, 2.45) is 0 Å². The van der Waals surface area contributed by atoms with E-state index in [4.69, 9.17) is 9.47 Å². The van der Waals surface area contributed by atoms with Crippen molar-refractivity contribution < 1.29 is 9.47 Å². The van der Waals surface area contributed by atoms with Gasteiger partial charge in [0.1, 0.15) is 0 Å². The lowest BCUT2D eigenvalue weighted by molar-refractivity contribution is 0.354. The maximum absolute atomic E-state index is 5.31. The van der Waals surface area contributed by atoms with Crippen LogP contribution in [0.2, 0.25) is 0 Å². The van der Waals surface area contributed by atoms with Crippen LogP contribution in [0.3, 0.4) is 0 Å². The van der Waals surface area contributed by atoms with Crippen molar-refractivity contribution in [3.05, 3.63) is 23.8 Å². The van der Waals surface area contributed by atoms with Crippen molar-refractivity contribution >= 4 is 0 Å². The molecule has 0 aliphatic heterocycles. The quantitative estimate of drug-likeness (QED) is 0.825. The van der Waals surface area contributed by atoms with Gasteiger partial charge in [-0.25, -0.2) is 0 Å². The van der Waals surface area contributed by atoms with Crippen molar-refractivity contribution in [3.63, 3.8) is 0 Å². The molecule has 0 aliphatic carbocycles. The summed E-state index contributed by atoms with van der Waals surface area (Å²) in [5, 5.41) is 3.44. The molecule has 0 fully saturated rings. The molecule has 1 aromatic rings. The van der Waals surface area contributed by atoms with Gasteiger partial charge in [0.15, 0.2) is 11.5 Å². The van der Waals surface area contributed by atoms with E-state index in [0.717, 1.165) is 18.0 Å². The third-order valence-electron chi connectivity index (χ3n) is 2.81. The second-order valence-electron chi connectivity index (χ2n) is 4.58. The average Bonchev–Trinajstić information content (AvgIpc) is 2.34. The van der Waals surface area contributed by atoms with E-state index >= 15 is 0 Å². The summed E-state index contributed by atoms with van der Waals surface area (Å²) >= 11 is 0. The third-order valence-corrected chi connectivity index (χ3v) is 2.81. The Balaban J connectivity index is 2.77. The average molecular weight is 237 g/mol. The minimum absolute atomic E-state index is 0.456. The molecule has 17 heavy (non-hydrogen) atoms. The van der Waals surface area contributed by atoms with Crippen LogP contribution in [0.4, 0.5) is 0 Å². The van der Waals surface area contributed by atoms with Gasteiger partial charge in [-0.05, 0) is 23.6 Å². The van der Waals surface area contributed by atoms with Gasteiger partial charge in [-0.3, -0.25) is 0 Å². The van der Waals surface area contributed by atoms with E-state index in [-0.39, 0.29) is 0 Å². The summed E-state index contributed by atoms with van der Waals surface area (Å²) in [5.74, 6) is 2.03. The first kappa shape index (κ1) is 13.8. The largest absolute Gasteiger partial charge is 0.493 e. The molecular formula is C14H23NO2. The highest BCUT2D eigenvalue weighted by atomic mass is 16.5. The van der Waals surface area contributed by atoms with E-state index in [0.29, 0.717) is 12.0 Å². The number of nitrogens with one attached hydrogen (secondary N) is 1. The Kier molecular flexibility index (Phi) is 5.29. The zero-order valence-electron chi connectivity index (χ0n) is 11.4. The second kappa shape index (κ2) is 6.50. The number of hydrogen-bond acceptors (Lipinski definition) is 3. The van der Waals surface area contributed by atoms with Crippen molar-refractivity contribution in [1.82, 2.24) is 5.32 Å². The van der Waals surface area contributed by atoms with E-state index < -0.39 is 0 Å². The molecule has 0 aliphatic rings. The molecule has 3 nitrogen and oxygen atoms in total. The van der Waals surface area contributed by atoms with Crippen LogP contribution in [0.15, 0.2) is 18.2 Å². The summed E-state index contributed by atoms with van der Waals surface area (Å²) in [6.07, 6.45) is 0. The zero-order chi connectivity index (χ0) is 12.8. The number of hydrogen-bond donors (Lipinski definition) is 1. The van der Waals surface area contributed by atoms with E-state index in [1.165, 1.54) is 5.56 Å². The highest BCUT2D eigenvalue weighted by Crippen LogP contribution is 2.30. The summed E-state index contributed by atoms with van der Waals surface area (Å²) < 4.78 is 10.5. The first-order chi connectivity index (χ1) is 8.08. The Morgan fingerprint density at radius 2 is 1.71 bits per heavy atom. The van der Waals surface area contributed by atoms with E-state index in [9.17, 15) is 0 Å². The third kappa shape index (κ3) is 3.93. The van der Waals surface area contributed by atoms with Crippen LogP contribution in [-0.2, 0) is 0 Å². The fourth-order valence-electron chi connectivity index (χ4n) is 1.69. The SMILES string of the molecule is COc1ccc(C(C)CNC(C)C)cc1OC. The summed E-state index contributed by atoms with van der Waals surface area (Å²) in [5.41, 5.74) is 1.26. The molecule has 0 radical (unpaired) electrons. The molecule has 1 N–H and O–H groups in total. The topological polar surface area (TPSA) is 30.5 Å². The molecule has 0 saturated carbocycles. The zero-order valence-corrected chi connectivity index (χ0v) is 11.4. The van der Waals surface area contributed by atoms with Crippen LogP contribution < -0.4 is 14.8 Å². The van der Waals surface area contributed by atoms with Gasteiger partial charge < -0.3 is 14.8 Å². The first-order valence-electron chi connectivity index (χ1n) is 6.03. The lowest BCUT2D eigenvalue weighted by atomic mass is 10.0. The molecular weight excluding hydrogens is 214 g/mol. The standard InChI is InChI=1S/C14H23NO2/c1-10(2)15-9-11(3)12-6-7-13(16-4)14(8-12)17-5/h6-8,10-11,15H,9H2,1-5H3. The van der Waals surface area contributed by atoms with Gasteiger partial charge in [-0.1, -0.05) is 26.8 Å². The number of rotatable bonds is 6. The maximum atomic E-state index is 5.31. The van der Waals surface area contributed by atoms with Gasteiger partial charge in [0.2, 0.25) is 0 Å². The Morgan fingerprint density at radius 3 is 2.24 bits per heavy atom. The van der Waals surface area contributed by atoms with Gasteiger partial charge in [-0.2, -0.15) is 0 Å². The molecule has 0 spiro atoms. The lowest BCUT2D eigenvalue weighted by Gasteiger charge is -2.17. The van der Waals surface area contributed by atoms with Crippen molar-refractivity contribution in [2.45, 2.75) is 32.7 Å². The molecule has 0 saturated heterocycles. The highest BCUT2D eigenvalue weighted by Gasteiger charge is 2.10. The van der Waals surface area contributed by atoms with Gasteiger partial charge >= 0.3 is 0 Å². The number of benzene rings is 1. The Morgan fingerprint density at radius 1 is 1.06 bits per heavy atom. The molecule has 1 atom stereocenters. The predicted molar refractivity (Wildman–Crippen MR) is 71.1 cm³/mol. The van der Waals surface area contributed by atoms with Crippen LogP contribution >= 0.6 is 0 Å². The van der Waals surface area contributed by atoms with E-state index in [2.05, 4.69) is 32.2 Å². The van der Waals surface area contributed by atoms with E-state index in [1.807, 2.05) is 12.1 Å². The van der Waals surface area contributed by atoms with Gasteiger partial charge in [0, 0.05) is 12.6 Å². The van der Waals surface area contributed by atoms with Crippen LogP contribution in [-0.4, -0.2) is 26.8 Å². The van der Waals surface area contributed by atoms with Gasteiger partial charge in [0.05, 0.1) is 14.2 Å². The Hall–Kier alpha value is -1.22. The van der Waals surface area contributed by atoms with Gasteiger partial charge in [0.25, 0.3) is 0 Å². The summed E-state index contributed by atoms with van der Waals surface area (Å²) in [4.78, 5) is 0. The first-order valence-corrected chi connectivity index (χ1v) is 6.03. The minimum atomic E-state index is 0.456. The molecule has 1 rings (SSSR count). The molecule has 0 bridgehead atoms. The molecule has 3 heteroatoms. The van der Waals surface area contributed by atoms with Crippen molar-refractivity contribution in [2.75, 3.05) is 20.8 Å². The normalized spacial score (nSPS) is 12.6. The van der Waals surface area contributed by atoms with E-state index in [1.54, 1.807) is 14.2 Å². The minimum Gasteiger partial charge on any atom is -0.493 e. The Labute approximate surface area is 104 Å². The number of ether oxygens (including phenoxy) is 2. The number of methoxy groups -OCH3 is 2.